The number of Topliss-reactive ketones (excluding diaryl/α,β-unsaturated/α-hetero) is 1. The third kappa shape index (κ3) is 4.37. The van der Waals surface area contributed by atoms with Crippen LogP contribution in [0.15, 0.2) is 41.3 Å². The maximum Gasteiger partial charge on any atom is 0.338 e. The zero-order chi connectivity index (χ0) is 20.3. The number of hydrogen-bond donors (Lipinski definition) is 0. The zero-order valence-corrected chi connectivity index (χ0v) is 16.6. The lowest BCUT2D eigenvalue weighted by Crippen LogP contribution is -2.35. The Labute approximate surface area is 167 Å². The van der Waals surface area contributed by atoms with Crippen LogP contribution in [0.3, 0.4) is 0 Å². The van der Waals surface area contributed by atoms with Crippen LogP contribution in [0, 0.1) is 11.8 Å². The van der Waals surface area contributed by atoms with Gasteiger partial charge in [-0.05, 0) is 57.2 Å². The molecule has 0 unspecified atom stereocenters. The summed E-state index contributed by atoms with van der Waals surface area (Å²) < 4.78 is 24.2. The van der Waals surface area contributed by atoms with E-state index in [9.17, 15) is 13.5 Å². The minimum absolute atomic E-state index is 0.0523. The first-order valence-corrected chi connectivity index (χ1v) is 9.52. The summed E-state index contributed by atoms with van der Waals surface area (Å²) in [5.41, 5.74) is 1.31. The predicted octanol–water partition coefficient (Wildman–Crippen LogP) is 4.98. The molecule has 0 aliphatic carbocycles. The van der Waals surface area contributed by atoms with Crippen molar-refractivity contribution in [2.75, 3.05) is 6.61 Å². The highest BCUT2D eigenvalue weighted by Gasteiger charge is 2.33. The average molecular weight is 398 g/mol. The van der Waals surface area contributed by atoms with E-state index in [0.29, 0.717) is 39.5 Å². The van der Waals surface area contributed by atoms with Gasteiger partial charge in [0.15, 0.2) is 5.78 Å². The van der Waals surface area contributed by atoms with Crippen molar-refractivity contribution in [3.8, 4) is 17.6 Å². The van der Waals surface area contributed by atoms with E-state index >= 15 is 0 Å². The van der Waals surface area contributed by atoms with E-state index in [2.05, 4.69) is 11.8 Å². The van der Waals surface area contributed by atoms with Crippen molar-refractivity contribution in [1.82, 2.24) is 0 Å². The molecule has 1 aliphatic heterocycles. The Morgan fingerprint density at radius 1 is 1.25 bits per heavy atom. The summed E-state index contributed by atoms with van der Waals surface area (Å²) >= 11 is 0.0616. The molecule has 0 saturated heterocycles. The minimum atomic E-state index is -0.615. The summed E-state index contributed by atoms with van der Waals surface area (Å²) in [6.45, 7) is 5.70. The van der Waals surface area contributed by atoms with Crippen LogP contribution in [-0.4, -0.2) is 24.0 Å². The van der Waals surface area contributed by atoms with Gasteiger partial charge in [-0.2, -0.15) is 3.89 Å². The summed E-state index contributed by atoms with van der Waals surface area (Å²) in [6, 6.07) is 9.73. The molecule has 6 heteroatoms. The first kappa shape index (κ1) is 20.0. The van der Waals surface area contributed by atoms with Crippen LogP contribution >= 0.6 is 12.1 Å². The number of fused-ring (bicyclic) bond motifs is 1. The number of hydrogen-bond acceptors (Lipinski definition) is 5. The average Bonchev–Trinajstić information content (AvgIpc) is 2.65. The van der Waals surface area contributed by atoms with Gasteiger partial charge in [-0.25, -0.2) is 4.79 Å². The molecule has 3 rings (SSSR count). The summed E-state index contributed by atoms with van der Waals surface area (Å²) in [5, 5.41) is 0. The largest absolute Gasteiger partial charge is 0.487 e. The number of benzene rings is 2. The number of ether oxygens (including phenoxy) is 2. The summed E-state index contributed by atoms with van der Waals surface area (Å²) in [7, 11) is 0. The fourth-order valence-corrected chi connectivity index (χ4v) is 3.23. The van der Waals surface area contributed by atoms with Crippen molar-refractivity contribution in [2.24, 2.45) is 0 Å². The van der Waals surface area contributed by atoms with Crippen molar-refractivity contribution in [1.29, 1.82) is 0 Å². The third-order valence-corrected chi connectivity index (χ3v) is 4.68. The second-order valence-electron chi connectivity index (χ2n) is 6.93. The number of carbonyl (C=O) groups is 2. The van der Waals surface area contributed by atoms with Crippen LogP contribution in [-0.2, 0) is 4.74 Å². The van der Waals surface area contributed by atoms with E-state index < -0.39 is 11.6 Å². The maximum absolute atomic E-state index is 13.4. The molecule has 2 aromatic carbocycles. The molecule has 144 valence electrons. The molecule has 0 N–H and O–H groups in total. The summed E-state index contributed by atoms with van der Waals surface area (Å²) in [4.78, 5) is 24.4. The lowest BCUT2D eigenvalue weighted by molar-refractivity contribution is 0.0525. The summed E-state index contributed by atoms with van der Waals surface area (Å²) in [6.07, 6.45) is 0.254. The SMILES string of the molecule is CCOC(=O)c1ccc(C#Cc2cc3c(cc2SF)OC(C)(C)CC3=O)cc1. The van der Waals surface area contributed by atoms with Gasteiger partial charge < -0.3 is 9.47 Å². The van der Waals surface area contributed by atoms with Crippen molar-refractivity contribution in [3.05, 3.63) is 58.7 Å². The van der Waals surface area contributed by atoms with Crippen molar-refractivity contribution in [3.63, 3.8) is 0 Å². The maximum atomic E-state index is 13.4. The van der Waals surface area contributed by atoms with E-state index in [-0.39, 0.29) is 24.4 Å². The van der Waals surface area contributed by atoms with Gasteiger partial charge in [0.1, 0.15) is 11.4 Å². The van der Waals surface area contributed by atoms with Gasteiger partial charge in [-0.1, -0.05) is 11.8 Å². The molecule has 0 spiro atoms. The highest BCUT2D eigenvalue weighted by atomic mass is 32.2. The quantitative estimate of drug-likeness (QED) is 0.539. The zero-order valence-electron chi connectivity index (χ0n) is 15.8. The second-order valence-corrected chi connectivity index (χ2v) is 7.53. The minimum Gasteiger partial charge on any atom is -0.487 e. The second kappa shape index (κ2) is 8.07. The van der Waals surface area contributed by atoms with E-state index in [0.717, 1.165) is 0 Å². The van der Waals surface area contributed by atoms with E-state index in [1.807, 2.05) is 13.8 Å². The van der Waals surface area contributed by atoms with E-state index in [4.69, 9.17) is 9.47 Å². The van der Waals surface area contributed by atoms with Crippen LogP contribution in [0.5, 0.6) is 5.75 Å². The van der Waals surface area contributed by atoms with Gasteiger partial charge in [-0.15, -0.1) is 0 Å². The van der Waals surface area contributed by atoms with Crippen molar-refractivity contribution < 1.29 is 22.9 Å². The highest BCUT2D eigenvalue weighted by Crippen LogP contribution is 2.38. The fourth-order valence-electron chi connectivity index (χ4n) is 2.88. The molecule has 0 aromatic heterocycles. The van der Waals surface area contributed by atoms with Crippen molar-refractivity contribution >= 4 is 23.9 Å². The Kier molecular flexibility index (Phi) is 5.76. The standard InChI is InChI=1S/C22H19FO4S/c1-4-26-21(25)15-8-5-14(6-9-15)7-10-16-11-17-18(24)13-22(2,3)27-19(17)12-20(16)28-23/h5-6,8-9,11-12H,4,13H2,1-3H3. The van der Waals surface area contributed by atoms with E-state index in [1.165, 1.54) is 6.07 Å². The highest BCUT2D eigenvalue weighted by molar-refractivity contribution is 7.94. The topological polar surface area (TPSA) is 52.6 Å². The molecule has 0 amide bonds. The molecule has 0 atom stereocenters. The normalized spacial score (nSPS) is 14.4. The van der Waals surface area contributed by atoms with Crippen LogP contribution in [0.25, 0.3) is 0 Å². The number of esters is 1. The molecule has 2 aromatic rings. The molecule has 0 saturated carbocycles. The number of carbonyl (C=O) groups excluding carboxylic acids is 2. The molecular formula is C22H19FO4S. The summed E-state index contributed by atoms with van der Waals surface area (Å²) in [5.74, 6) is 5.78. The van der Waals surface area contributed by atoms with E-state index in [1.54, 1.807) is 37.3 Å². The number of ketones is 1. The molecule has 4 nitrogen and oxygen atoms in total. The van der Waals surface area contributed by atoms with Crippen LogP contribution in [0.2, 0.25) is 0 Å². The molecule has 0 radical (unpaired) electrons. The fraction of sp³-hybridized carbons (Fsp3) is 0.273. The predicted molar refractivity (Wildman–Crippen MR) is 105 cm³/mol. The Balaban J connectivity index is 1.91. The number of rotatable bonds is 3. The number of halogens is 1. The Hall–Kier alpha value is -2.78. The Morgan fingerprint density at radius 2 is 1.96 bits per heavy atom. The monoisotopic (exact) mass is 398 g/mol. The lowest BCUT2D eigenvalue weighted by Gasteiger charge is -2.31. The first-order valence-electron chi connectivity index (χ1n) is 8.81. The van der Waals surface area contributed by atoms with Gasteiger partial charge in [0.2, 0.25) is 0 Å². The smallest absolute Gasteiger partial charge is 0.338 e. The molecule has 0 bridgehead atoms. The van der Waals surface area contributed by atoms with Crippen LogP contribution < -0.4 is 4.74 Å². The molecule has 28 heavy (non-hydrogen) atoms. The molecule has 0 fully saturated rings. The molecular weight excluding hydrogens is 379 g/mol. The lowest BCUT2D eigenvalue weighted by atomic mass is 9.92. The van der Waals surface area contributed by atoms with Gasteiger partial charge >= 0.3 is 5.97 Å². The third-order valence-electron chi connectivity index (χ3n) is 4.18. The van der Waals surface area contributed by atoms with Gasteiger partial charge in [-0.3, -0.25) is 4.79 Å². The Morgan fingerprint density at radius 3 is 2.61 bits per heavy atom. The van der Waals surface area contributed by atoms with Gasteiger partial charge in [0.25, 0.3) is 0 Å². The Bertz CT molecular complexity index is 984. The van der Waals surface area contributed by atoms with Gasteiger partial charge in [0.05, 0.1) is 41.2 Å². The van der Waals surface area contributed by atoms with Crippen LogP contribution in [0.4, 0.5) is 3.89 Å². The first-order chi connectivity index (χ1) is 13.3. The van der Waals surface area contributed by atoms with Gasteiger partial charge in [0, 0.05) is 11.1 Å². The molecule has 1 heterocycles. The van der Waals surface area contributed by atoms with Crippen molar-refractivity contribution in [2.45, 2.75) is 37.7 Å². The molecule has 1 aliphatic rings. The van der Waals surface area contributed by atoms with Crippen LogP contribution in [0.1, 0.15) is 59.0 Å².